The topological polar surface area (TPSA) is 76.5 Å². The van der Waals surface area contributed by atoms with Crippen molar-refractivity contribution in [2.45, 2.75) is 25.0 Å². The van der Waals surface area contributed by atoms with Crippen LogP contribution in [0.1, 0.15) is 35.3 Å². The number of thioether (sulfide) groups is 1. The Morgan fingerprint density at radius 1 is 1.45 bits per heavy atom. The predicted molar refractivity (Wildman–Crippen MR) is 75.7 cm³/mol. The first-order valence-corrected chi connectivity index (χ1v) is 7.53. The van der Waals surface area contributed by atoms with Crippen molar-refractivity contribution in [2.24, 2.45) is 5.41 Å². The number of carboxylic acid groups (broad SMARTS) is 1. The number of aliphatic carboxylic acids is 1. The standard InChI is InChI=1S/C14H17NO4S/c1-19-13(18)10-2-3-11(15-7-10)8-20-9-14(4-5-14)6-12(16)17/h2-3,7H,4-6,8-9H2,1H3,(H,16,17). The molecule has 0 aliphatic heterocycles. The van der Waals surface area contributed by atoms with Gasteiger partial charge in [0, 0.05) is 11.9 Å². The maximum atomic E-state index is 11.3. The molecule has 1 aromatic rings. The van der Waals surface area contributed by atoms with Crippen molar-refractivity contribution in [3.63, 3.8) is 0 Å². The van der Waals surface area contributed by atoms with E-state index in [2.05, 4.69) is 9.72 Å². The molecule has 0 aromatic carbocycles. The van der Waals surface area contributed by atoms with E-state index in [0.29, 0.717) is 5.56 Å². The zero-order chi connectivity index (χ0) is 14.6. The average Bonchev–Trinajstić information content (AvgIpc) is 3.17. The highest BCUT2D eigenvalue weighted by molar-refractivity contribution is 7.98. The Hall–Kier alpha value is -1.56. The first-order chi connectivity index (χ1) is 9.54. The van der Waals surface area contributed by atoms with Gasteiger partial charge in [-0.25, -0.2) is 4.79 Å². The Labute approximate surface area is 121 Å². The van der Waals surface area contributed by atoms with Gasteiger partial charge < -0.3 is 9.84 Å². The number of ether oxygens (including phenoxy) is 1. The molecule has 0 unspecified atom stereocenters. The third kappa shape index (κ3) is 3.96. The molecule has 5 nitrogen and oxygen atoms in total. The fourth-order valence-electron chi connectivity index (χ4n) is 1.99. The second-order valence-corrected chi connectivity index (χ2v) is 6.08. The molecule has 0 saturated heterocycles. The maximum absolute atomic E-state index is 11.3. The molecule has 6 heteroatoms. The normalized spacial score (nSPS) is 15.7. The number of esters is 1. The summed E-state index contributed by atoms with van der Waals surface area (Å²) in [7, 11) is 1.34. The van der Waals surface area contributed by atoms with Crippen LogP contribution in [0.2, 0.25) is 0 Å². The molecule has 1 heterocycles. The fourth-order valence-corrected chi connectivity index (χ4v) is 3.30. The van der Waals surface area contributed by atoms with Crippen LogP contribution in [0, 0.1) is 5.41 Å². The summed E-state index contributed by atoms with van der Waals surface area (Å²) in [6.45, 7) is 0. The maximum Gasteiger partial charge on any atom is 0.339 e. The molecule has 1 aliphatic carbocycles. The van der Waals surface area contributed by atoms with Crippen LogP contribution in [0.4, 0.5) is 0 Å². The van der Waals surface area contributed by atoms with E-state index < -0.39 is 11.9 Å². The van der Waals surface area contributed by atoms with E-state index >= 15 is 0 Å². The number of hydrogen-bond acceptors (Lipinski definition) is 5. The molecule has 1 N–H and O–H groups in total. The number of carbonyl (C=O) groups is 2. The molecule has 1 aromatic heterocycles. The number of pyridine rings is 1. The van der Waals surface area contributed by atoms with E-state index in [1.807, 2.05) is 0 Å². The van der Waals surface area contributed by atoms with Gasteiger partial charge >= 0.3 is 11.9 Å². The van der Waals surface area contributed by atoms with Crippen LogP contribution in [0.3, 0.4) is 0 Å². The molecular weight excluding hydrogens is 278 g/mol. The summed E-state index contributed by atoms with van der Waals surface area (Å²) in [6, 6.07) is 3.49. The highest BCUT2D eigenvalue weighted by atomic mass is 32.2. The molecule has 108 valence electrons. The van der Waals surface area contributed by atoms with Crippen molar-refractivity contribution in [2.75, 3.05) is 12.9 Å². The summed E-state index contributed by atoms with van der Waals surface area (Å²) in [5.74, 6) is 0.460. The minimum atomic E-state index is -0.719. The molecule has 0 bridgehead atoms. The van der Waals surface area contributed by atoms with Crippen LogP contribution in [0.25, 0.3) is 0 Å². The van der Waals surface area contributed by atoms with Crippen molar-refractivity contribution >= 4 is 23.7 Å². The SMILES string of the molecule is COC(=O)c1ccc(CSCC2(CC(=O)O)CC2)nc1. The van der Waals surface area contributed by atoms with E-state index in [0.717, 1.165) is 30.0 Å². The Morgan fingerprint density at radius 3 is 2.70 bits per heavy atom. The van der Waals surface area contributed by atoms with E-state index in [4.69, 9.17) is 5.11 Å². The van der Waals surface area contributed by atoms with Gasteiger partial charge in [-0.15, -0.1) is 0 Å². The third-order valence-electron chi connectivity index (χ3n) is 3.39. The minimum Gasteiger partial charge on any atom is -0.481 e. The van der Waals surface area contributed by atoms with E-state index in [1.54, 1.807) is 23.9 Å². The van der Waals surface area contributed by atoms with Crippen LogP contribution >= 0.6 is 11.8 Å². The summed E-state index contributed by atoms with van der Waals surface area (Å²) in [5.41, 5.74) is 1.32. The van der Waals surface area contributed by atoms with Gasteiger partial charge in [0.2, 0.25) is 0 Å². The number of methoxy groups -OCH3 is 1. The molecule has 1 fully saturated rings. The monoisotopic (exact) mass is 295 g/mol. The van der Waals surface area contributed by atoms with E-state index in [1.165, 1.54) is 13.3 Å². The van der Waals surface area contributed by atoms with Gasteiger partial charge in [-0.2, -0.15) is 11.8 Å². The number of carbonyl (C=O) groups excluding carboxylic acids is 1. The molecular formula is C14H17NO4S. The fraction of sp³-hybridized carbons (Fsp3) is 0.500. The zero-order valence-corrected chi connectivity index (χ0v) is 12.1. The van der Waals surface area contributed by atoms with Crippen LogP contribution in [-0.4, -0.2) is 34.9 Å². The van der Waals surface area contributed by atoms with Gasteiger partial charge in [0.1, 0.15) is 0 Å². The highest BCUT2D eigenvalue weighted by Crippen LogP contribution is 2.51. The number of nitrogens with zero attached hydrogens (tertiary/aromatic N) is 1. The number of aromatic nitrogens is 1. The van der Waals surface area contributed by atoms with Crippen molar-refractivity contribution in [1.82, 2.24) is 4.98 Å². The third-order valence-corrected chi connectivity index (χ3v) is 4.70. The summed E-state index contributed by atoms with van der Waals surface area (Å²) < 4.78 is 4.61. The molecule has 20 heavy (non-hydrogen) atoms. The van der Waals surface area contributed by atoms with Crippen LogP contribution in [0.5, 0.6) is 0 Å². The molecule has 1 aliphatic rings. The average molecular weight is 295 g/mol. The molecule has 0 radical (unpaired) electrons. The second-order valence-electron chi connectivity index (χ2n) is 5.09. The van der Waals surface area contributed by atoms with Gasteiger partial charge in [-0.1, -0.05) is 0 Å². The van der Waals surface area contributed by atoms with Crippen molar-refractivity contribution in [3.8, 4) is 0 Å². The summed E-state index contributed by atoms with van der Waals surface area (Å²) in [6.07, 6.45) is 3.77. The van der Waals surface area contributed by atoms with Crippen LogP contribution < -0.4 is 0 Å². The summed E-state index contributed by atoms with van der Waals surface area (Å²) >= 11 is 1.70. The lowest BCUT2D eigenvalue weighted by Gasteiger charge is -2.11. The lowest BCUT2D eigenvalue weighted by Crippen LogP contribution is -2.11. The van der Waals surface area contributed by atoms with E-state index in [9.17, 15) is 9.59 Å². The molecule has 0 spiro atoms. The quantitative estimate of drug-likeness (QED) is 0.778. The number of carboxylic acids is 1. The Morgan fingerprint density at radius 2 is 2.20 bits per heavy atom. The highest BCUT2D eigenvalue weighted by Gasteiger charge is 2.44. The molecule has 1 saturated carbocycles. The Bertz CT molecular complexity index is 496. The van der Waals surface area contributed by atoms with Crippen LogP contribution in [-0.2, 0) is 15.3 Å². The number of hydrogen-bond donors (Lipinski definition) is 1. The van der Waals surface area contributed by atoms with E-state index in [-0.39, 0.29) is 11.8 Å². The van der Waals surface area contributed by atoms with Gasteiger partial charge in [0.15, 0.2) is 0 Å². The molecule has 0 amide bonds. The van der Waals surface area contributed by atoms with Crippen molar-refractivity contribution in [3.05, 3.63) is 29.6 Å². The van der Waals surface area contributed by atoms with Crippen molar-refractivity contribution < 1.29 is 19.4 Å². The van der Waals surface area contributed by atoms with Gasteiger partial charge in [-0.3, -0.25) is 9.78 Å². The van der Waals surface area contributed by atoms with Gasteiger partial charge in [0.05, 0.1) is 24.8 Å². The largest absolute Gasteiger partial charge is 0.481 e. The summed E-state index contributed by atoms with van der Waals surface area (Å²) in [4.78, 5) is 26.2. The minimum absolute atomic E-state index is 0.00244. The molecule has 0 atom stereocenters. The smallest absolute Gasteiger partial charge is 0.339 e. The molecule has 2 rings (SSSR count). The van der Waals surface area contributed by atoms with Gasteiger partial charge in [-0.05, 0) is 36.1 Å². The van der Waals surface area contributed by atoms with Gasteiger partial charge in [0.25, 0.3) is 0 Å². The predicted octanol–water partition coefficient (Wildman–Crippen LogP) is 2.36. The zero-order valence-electron chi connectivity index (χ0n) is 11.3. The Balaban J connectivity index is 1.80. The lowest BCUT2D eigenvalue weighted by molar-refractivity contribution is -0.138. The summed E-state index contributed by atoms with van der Waals surface area (Å²) in [5, 5.41) is 8.85. The second kappa shape index (κ2) is 6.26. The Kier molecular flexibility index (Phi) is 4.65. The number of rotatable bonds is 7. The van der Waals surface area contributed by atoms with Crippen molar-refractivity contribution in [1.29, 1.82) is 0 Å². The van der Waals surface area contributed by atoms with Crippen LogP contribution in [0.15, 0.2) is 18.3 Å². The lowest BCUT2D eigenvalue weighted by atomic mass is 10.1. The first kappa shape index (κ1) is 14.8. The first-order valence-electron chi connectivity index (χ1n) is 6.37.